The maximum absolute atomic E-state index is 13.3. The molecule has 14 nitrogen and oxygen atoms in total. The molecule has 0 spiro atoms. The molecule has 3 unspecified atom stereocenters. The van der Waals surface area contributed by atoms with Crippen LogP contribution in [0.4, 0.5) is 0 Å². The quantitative estimate of drug-likeness (QED) is 0.276. The zero-order valence-corrected chi connectivity index (χ0v) is 24.5. The standard InChI is InChI=1S/C30H35N7O7/c1-19(36-13-7-6-10-21(17-36)31-30(43)23-12-11-22(44-2)15-25(23)38)29(42)32-24(16-28(40)41)26(39)18-37-27(33-34-35-37)14-20-8-4-3-5-9-20/h3-10,13,17,19,22-24H,11-12,14-16,18H2,1-2H3,(H,31,43)(H,32,42)(H,40,41)/t19?,22?,23?,24-/m0/s1. The van der Waals surface area contributed by atoms with Crippen molar-refractivity contribution in [1.29, 1.82) is 0 Å². The predicted molar refractivity (Wildman–Crippen MR) is 155 cm³/mol. The molecule has 1 aromatic carbocycles. The van der Waals surface area contributed by atoms with Gasteiger partial charge in [-0.1, -0.05) is 36.4 Å². The average Bonchev–Trinajstić information content (AvgIpc) is 3.29. The van der Waals surface area contributed by atoms with Crippen LogP contribution in [0, 0.1) is 5.92 Å². The van der Waals surface area contributed by atoms with Crippen LogP contribution in [0.25, 0.3) is 0 Å². The van der Waals surface area contributed by atoms with Crippen molar-refractivity contribution in [2.45, 2.75) is 63.8 Å². The lowest BCUT2D eigenvalue weighted by Gasteiger charge is -2.27. The summed E-state index contributed by atoms with van der Waals surface area (Å²) >= 11 is 0. The lowest BCUT2D eigenvalue weighted by Crippen LogP contribution is -2.50. The number of hydrogen-bond donors (Lipinski definition) is 3. The third kappa shape index (κ3) is 8.53. The highest BCUT2D eigenvalue weighted by molar-refractivity contribution is 6.02. The smallest absolute Gasteiger partial charge is 0.305 e. The summed E-state index contributed by atoms with van der Waals surface area (Å²) in [6.45, 7) is 1.23. The van der Waals surface area contributed by atoms with Gasteiger partial charge in [0, 0.05) is 32.4 Å². The molecule has 1 aliphatic carbocycles. The summed E-state index contributed by atoms with van der Waals surface area (Å²) < 4.78 is 6.53. The van der Waals surface area contributed by atoms with E-state index >= 15 is 0 Å². The third-order valence-electron chi connectivity index (χ3n) is 7.47. The highest BCUT2D eigenvalue weighted by Crippen LogP contribution is 2.24. The number of hydrogen-bond acceptors (Lipinski definition) is 10. The summed E-state index contributed by atoms with van der Waals surface area (Å²) in [6.07, 6.45) is 8.74. The minimum atomic E-state index is -1.35. The van der Waals surface area contributed by atoms with Gasteiger partial charge < -0.3 is 25.4 Å². The molecule has 1 fully saturated rings. The molecule has 1 saturated carbocycles. The third-order valence-corrected chi connectivity index (χ3v) is 7.47. The van der Waals surface area contributed by atoms with Gasteiger partial charge in [-0.3, -0.25) is 24.0 Å². The number of amides is 2. The van der Waals surface area contributed by atoms with Gasteiger partial charge in [0.15, 0.2) is 11.6 Å². The second-order valence-corrected chi connectivity index (χ2v) is 10.6. The van der Waals surface area contributed by atoms with Crippen LogP contribution in [0.2, 0.25) is 0 Å². The molecule has 1 aromatic heterocycles. The number of carbonyl (C=O) groups is 5. The Hall–Kier alpha value is -4.98. The number of ether oxygens (including phenoxy) is 1. The highest BCUT2D eigenvalue weighted by Gasteiger charge is 2.34. The number of aromatic nitrogens is 4. The molecule has 4 rings (SSSR count). The van der Waals surface area contributed by atoms with Gasteiger partial charge in [-0.2, -0.15) is 0 Å². The molecule has 0 bridgehead atoms. The van der Waals surface area contributed by atoms with Crippen LogP contribution in [0.5, 0.6) is 0 Å². The van der Waals surface area contributed by atoms with Crippen molar-refractivity contribution in [1.82, 2.24) is 35.7 Å². The topological polar surface area (TPSA) is 186 Å². The maximum atomic E-state index is 13.3. The van der Waals surface area contributed by atoms with Crippen molar-refractivity contribution < 1.29 is 33.8 Å². The molecule has 4 atom stereocenters. The number of aliphatic carboxylic acids is 1. The van der Waals surface area contributed by atoms with Crippen LogP contribution in [0.1, 0.15) is 44.0 Å². The van der Waals surface area contributed by atoms with Gasteiger partial charge in [0.2, 0.25) is 11.8 Å². The van der Waals surface area contributed by atoms with Gasteiger partial charge in [0.25, 0.3) is 0 Å². The van der Waals surface area contributed by atoms with E-state index in [0.717, 1.165) is 5.56 Å². The van der Waals surface area contributed by atoms with Gasteiger partial charge in [-0.05, 0) is 47.9 Å². The van der Waals surface area contributed by atoms with Crippen LogP contribution < -0.4 is 10.6 Å². The highest BCUT2D eigenvalue weighted by atomic mass is 16.5. The second-order valence-electron chi connectivity index (χ2n) is 10.6. The van der Waals surface area contributed by atoms with Crippen LogP contribution in [0.15, 0.2) is 66.7 Å². The number of tetrazole rings is 1. The molecule has 0 radical (unpaired) electrons. The van der Waals surface area contributed by atoms with Crippen molar-refractivity contribution in [3.05, 3.63) is 78.0 Å². The van der Waals surface area contributed by atoms with Crippen molar-refractivity contribution >= 4 is 29.4 Å². The Morgan fingerprint density at radius 2 is 1.91 bits per heavy atom. The zero-order valence-electron chi connectivity index (χ0n) is 24.5. The number of carboxylic acid groups (broad SMARTS) is 1. The van der Waals surface area contributed by atoms with Crippen LogP contribution in [-0.4, -0.2) is 84.9 Å². The van der Waals surface area contributed by atoms with Gasteiger partial charge in [0.1, 0.15) is 18.4 Å². The molecule has 2 aliphatic rings. The number of ketones is 2. The molecule has 232 valence electrons. The molecule has 2 heterocycles. The van der Waals surface area contributed by atoms with Crippen LogP contribution in [0.3, 0.4) is 0 Å². The van der Waals surface area contributed by atoms with E-state index in [0.29, 0.717) is 30.8 Å². The van der Waals surface area contributed by atoms with E-state index < -0.39 is 48.0 Å². The summed E-state index contributed by atoms with van der Waals surface area (Å²) in [6, 6.07) is 7.14. The van der Waals surface area contributed by atoms with Gasteiger partial charge >= 0.3 is 5.97 Å². The van der Waals surface area contributed by atoms with E-state index in [2.05, 4.69) is 26.2 Å². The first kappa shape index (κ1) is 31.9. The lowest BCUT2D eigenvalue weighted by molar-refractivity contribution is -0.141. The van der Waals surface area contributed by atoms with E-state index in [4.69, 9.17) is 4.74 Å². The molecule has 44 heavy (non-hydrogen) atoms. The fourth-order valence-electron chi connectivity index (χ4n) is 4.92. The summed E-state index contributed by atoms with van der Waals surface area (Å²) in [4.78, 5) is 65.0. The Kier molecular flexibility index (Phi) is 10.9. The largest absolute Gasteiger partial charge is 0.481 e. The number of nitrogens with zero attached hydrogens (tertiary/aromatic N) is 5. The van der Waals surface area contributed by atoms with Crippen molar-refractivity contribution in [2.24, 2.45) is 5.92 Å². The van der Waals surface area contributed by atoms with Crippen LogP contribution in [-0.2, 0) is 41.7 Å². The van der Waals surface area contributed by atoms with Crippen molar-refractivity contribution in [3.63, 3.8) is 0 Å². The second kappa shape index (κ2) is 15.0. The van der Waals surface area contributed by atoms with Gasteiger partial charge in [-0.15, -0.1) is 5.10 Å². The maximum Gasteiger partial charge on any atom is 0.305 e. The van der Waals surface area contributed by atoms with Gasteiger partial charge in [0.05, 0.1) is 30.2 Å². The van der Waals surface area contributed by atoms with E-state index in [1.807, 2.05) is 30.3 Å². The molecular weight excluding hydrogens is 570 g/mol. The molecule has 3 N–H and O–H groups in total. The first-order valence-electron chi connectivity index (χ1n) is 14.2. The monoisotopic (exact) mass is 605 g/mol. The van der Waals surface area contributed by atoms with E-state index in [1.54, 1.807) is 31.4 Å². The Labute approximate surface area is 253 Å². The summed E-state index contributed by atoms with van der Waals surface area (Å²) in [5.41, 5.74) is 1.28. The Morgan fingerprint density at radius 1 is 1.14 bits per heavy atom. The van der Waals surface area contributed by atoms with Gasteiger partial charge in [-0.25, -0.2) is 4.68 Å². The fraction of sp³-hybridized carbons (Fsp3) is 0.400. The number of nitrogens with one attached hydrogen (secondary N) is 2. The first-order chi connectivity index (χ1) is 21.1. The minimum Gasteiger partial charge on any atom is -0.481 e. The molecule has 14 heteroatoms. The van der Waals surface area contributed by atoms with E-state index in [-0.39, 0.29) is 24.9 Å². The normalized spacial score (nSPS) is 19.5. The van der Waals surface area contributed by atoms with E-state index in [1.165, 1.54) is 22.9 Å². The average molecular weight is 606 g/mol. The van der Waals surface area contributed by atoms with Crippen LogP contribution >= 0.6 is 0 Å². The summed E-state index contributed by atoms with van der Waals surface area (Å²) in [5, 5.41) is 26.3. The fourth-order valence-corrected chi connectivity index (χ4v) is 4.92. The minimum absolute atomic E-state index is 0.173. The summed E-state index contributed by atoms with van der Waals surface area (Å²) in [7, 11) is 1.54. The molecule has 2 aromatic rings. The first-order valence-corrected chi connectivity index (χ1v) is 14.2. The number of methoxy groups -OCH3 is 1. The number of carboxylic acids is 1. The Bertz CT molecular complexity index is 1470. The summed E-state index contributed by atoms with van der Waals surface area (Å²) in [5.74, 6) is -3.49. The molecular formula is C30H35N7O7. The predicted octanol–water partition coefficient (Wildman–Crippen LogP) is 0.908. The lowest BCUT2D eigenvalue weighted by atomic mass is 9.85. The SMILES string of the molecule is COC1CCC(C(=O)NC2=CN(C(C)C(=O)N[C@@H](CC(=O)O)C(=O)Cn3nnnc3Cc3ccccc3)C=CC=C2)C(=O)C1. The molecule has 1 aliphatic heterocycles. The number of allylic oxidation sites excluding steroid dienone is 3. The molecule has 2 amide bonds. The zero-order chi connectivity index (χ0) is 31.6. The van der Waals surface area contributed by atoms with E-state index in [9.17, 15) is 29.1 Å². The molecule has 0 saturated heterocycles. The van der Waals surface area contributed by atoms with Crippen molar-refractivity contribution in [3.8, 4) is 0 Å². The number of rotatable bonds is 13. The number of carbonyl (C=O) groups excluding carboxylic acids is 4. The Morgan fingerprint density at radius 3 is 2.61 bits per heavy atom. The number of benzene rings is 1. The van der Waals surface area contributed by atoms with Crippen molar-refractivity contribution in [2.75, 3.05) is 7.11 Å². The Balaban J connectivity index is 1.40. The number of Topliss-reactive ketones (excluding diaryl/α,β-unsaturated/α-hetero) is 2.